The number of methoxy groups -OCH3 is 1. The first-order valence-electron chi connectivity index (χ1n) is 9.02. The maximum atomic E-state index is 12.6. The van der Waals surface area contributed by atoms with Crippen molar-refractivity contribution in [3.05, 3.63) is 42.0 Å². The quantitative estimate of drug-likeness (QED) is 0.789. The van der Waals surface area contributed by atoms with E-state index in [-0.39, 0.29) is 17.7 Å². The molecule has 1 aromatic rings. The van der Waals surface area contributed by atoms with Crippen molar-refractivity contribution in [1.82, 2.24) is 9.80 Å². The van der Waals surface area contributed by atoms with Gasteiger partial charge >= 0.3 is 0 Å². The Morgan fingerprint density at radius 1 is 1.12 bits per heavy atom. The normalized spacial score (nSPS) is 20.4. The summed E-state index contributed by atoms with van der Waals surface area (Å²) in [6.45, 7) is 2.53. The van der Waals surface area contributed by atoms with Gasteiger partial charge in [0.25, 0.3) is 0 Å². The number of carbonyl (C=O) groups excluding carboxylic acids is 2. The van der Waals surface area contributed by atoms with Crippen LogP contribution in [0.3, 0.4) is 0 Å². The maximum Gasteiger partial charge on any atom is 0.227 e. The van der Waals surface area contributed by atoms with Crippen LogP contribution in [0, 0.1) is 5.92 Å². The second-order valence-electron chi connectivity index (χ2n) is 6.72. The van der Waals surface area contributed by atoms with E-state index in [4.69, 9.17) is 4.74 Å². The van der Waals surface area contributed by atoms with Crippen molar-refractivity contribution in [2.24, 2.45) is 5.92 Å². The van der Waals surface area contributed by atoms with Crippen LogP contribution in [0.25, 0.3) is 0 Å². The molecule has 5 nitrogen and oxygen atoms in total. The Labute approximate surface area is 149 Å². The summed E-state index contributed by atoms with van der Waals surface area (Å²) >= 11 is 0. The molecular weight excluding hydrogens is 316 g/mol. The Kier molecular flexibility index (Phi) is 5.74. The SMILES string of the molecule is COc1cccc(CC(=O)N2CCN(C(=O)[C@H]3CC=CCC3)CC2)c1. The average Bonchev–Trinajstić information content (AvgIpc) is 2.68. The van der Waals surface area contributed by atoms with Gasteiger partial charge in [-0.15, -0.1) is 0 Å². The zero-order valence-corrected chi connectivity index (χ0v) is 14.8. The third-order valence-electron chi connectivity index (χ3n) is 5.05. The van der Waals surface area contributed by atoms with E-state index in [9.17, 15) is 9.59 Å². The van der Waals surface area contributed by atoms with Crippen molar-refractivity contribution in [2.45, 2.75) is 25.7 Å². The fourth-order valence-corrected chi connectivity index (χ4v) is 3.52. The van der Waals surface area contributed by atoms with E-state index in [1.165, 1.54) is 0 Å². The number of carbonyl (C=O) groups is 2. The highest BCUT2D eigenvalue weighted by atomic mass is 16.5. The molecule has 1 aliphatic heterocycles. The summed E-state index contributed by atoms with van der Waals surface area (Å²) in [7, 11) is 1.62. The molecule has 3 rings (SSSR count). The van der Waals surface area contributed by atoms with Crippen molar-refractivity contribution in [2.75, 3.05) is 33.3 Å². The van der Waals surface area contributed by atoms with Crippen LogP contribution in [-0.2, 0) is 16.0 Å². The molecule has 0 saturated carbocycles. The predicted octanol–water partition coefficient (Wildman–Crippen LogP) is 2.26. The molecule has 25 heavy (non-hydrogen) atoms. The lowest BCUT2D eigenvalue weighted by Gasteiger charge is -2.36. The van der Waals surface area contributed by atoms with Gasteiger partial charge in [0.1, 0.15) is 5.75 Å². The highest BCUT2D eigenvalue weighted by molar-refractivity contribution is 5.81. The van der Waals surface area contributed by atoms with Gasteiger partial charge in [0, 0.05) is 32.1 Å². The topological polar surface area (TPSA) is 49.9 Å². The molecule has 1 saturated heterocycles. The van der Waals surface area contributed by atoms with Crippen LogP contribution in [0.15, 0.2) is 36.4 Å². The standard InChI is InChI=1S/C20H26N2O3/c1-25-18-9-5-6-16(14-18)15-19(23)21-10-12-22(13-11-21)20(24)17-7-3-2-4-8-17/h2-3,5-6,9,14,17H,4,7-8,10-13,15H2,1H3/t17-/m0/s1. The van der Waals surface area contributed by atoms with Crippen LogP contribution < -0.4 is 4.74 Å². The van der Waals surface area contributed by atoms with Gasteiger partial charge in [0.15, 0.2) is 0 Å². The van der Waals surface area contributed by atoms with Crippen LogP contribution in [-0.4, -0.2) is 54.9 Å². The van der Waals surface area contributed by atoms with Gasteiger partial charge < -0.3 is 14.5 Å². The molecule has 0 aromatic heterocycles. The van der Waals surface area contributed by atoms with E-state index in [1.807, 2.05) is 34.1 Å². The van der Waals surface area contributed by atoms with Crippen LogP contribution in [0.1, 0.15) is 24.8 Å². The van der Waals surface area contributed by atoms with Crippen LogP contribution in [0.2, 0.25) is 0 Å². The van der Waals surface area contributed by atoms with E-state index in [0.29, 0.717) is 32.6 Å². The fourth-order valence-electron chi connectivity index (χ4n) is 3.52. The molecule has 1 aromatic carbocycles. The molecule has 134 valence electrons. The summed E-state index contributed by atoms with van der Waals surface area (Å²) in [5.41, 5.74) is 0.955. The summed E-state index contributed by atoms with van der Waals surface area (Å²) in [5.74, 6) is 1.26. The molecule has 0 spiro atoms. The first-order chi connectivity index (χ1) is 12.2. The van der Waals surface area contributed by atoms with E-state index < -0.39 is 0 Å². The molecule has 2 amide bonds. The van der Waals surface area contributed by atoms with Gasteiger partial charge in [0.05, 0.1) is 13.5 Å². The zero-order chi connectivity index (χ0) is 17.6. The van der Waals surface area contributed by atoms with Crippen LogP contribution in [0.4, 0.5) is 0 Å². The number of benzene rings is 1. The van der Waals surface area contributed by atoms with E-state index in [2.05, 4.69) is 12.2 Å². The van der Waals surface area contributed by atoms with Crippen molar-refractivity contribution in [1.29, 1.82) is 0 Å². The molecule has 5 heteroatoms. The number of allylic oxidation sites excluding steroid dienone is 2. The van der Waals surface area contributed by atoms with Gasteiger partial charge in [0.2, 0.25) is 11.8 Å². The van der Waals surface area contributed by atoms with Crippen molar-refractivity contribution >= 4 is 11.8 Å². The third kappa shape index (κ3) is 4.41. The van der Waals surface area contributed by atoms with Gasteiger partial charge in [-0.05, 0) is 37.0 Å². The smallest absolute Gasteiger partial charge is 0.227 e. The summed E-state index contributed by atoms with van der Waals surface area (Å²) in [6.07, 6.45) is 7.44. The summed E-state index contributed by atoms with van der Waals surface area (Å²) in [4.78, 5) is 28.9. The summed E-state index contributed by atoms with van der Waals surface area (Å²) in [5, 5.41) is 0. The van der Waals surface area contributed by atoms with Crippen molar-refractivity contribution in [3.8, 4) is 5.75 Å². The molecule has 0 bridgehead atoms. The average molecular weight is 342 g/mol. The number of amides is 2. The minimum absolute atomic E-state index is 0.112. The second-order valence-corrected chi connectivity index (χ2v) is 6.72. The Morgan fingerprint density at radius 2 is 1.88 bits per heavy atom. The molecular formula is C20H26N2O3. The minimum atomic E-state index is 0.112. The summed E-state index contributed by atoms with van der Waals surface area (Å²) < 4.78 is 5.21. The molecule has 1 aliphatic carbocycles. The number of rotatable bonds is 4. The molecule has 0 radical (unpaired) electrons. The molecule has 1 fully saturated rings. The lowest BCUT2D eigenvalue weighted by molar-refractivity contribution is -0.142. The largest absolute Gasteiger partial charge is 0.497 e. The number of hydrogen-bond donors (Lipinski definition) is 0. The number of ether oxygens (including phenoxy) is 1. The number of hydrogen-bond acceptors (Lipinski definition) is 3. The molecule has 1 heterocycles. The van der Waals surface area contributed by atoms with E-state index in [1.54, 1.807) is 7.11 Å². The minimum Gasteiger partial charge on any atom is -0.497 e. The molecule has 0 unspecified atom stereocenters. The molecule has 2 aliphatic rings. The van der Waals surface area contributed by atoms with E-state index in [0.717, 1.165) is 30.6 Å². The Hall–Kier alpha value is -2.30. The second kappa shape index (κ2) is 8.19. The van der Waals surface area contributed by atoms with E-state index >= 15 is 0 Å². The Bertz CT molecular complexity index is 648. The fraction of sp³-hybridized carbons (Fsp3) is 0.500. The summed E-state index contributed by atoms with van der Waals surface area (Å²) in [6, 6.07) is 7.61. The number of piperazine rings is 1. The predicted molar refractivity (Wildman–Crippen MR) is 96.3 cm³/mol. The first-order valence-corrected chi connectivity index (χ1v) is 9.02. The van der Waals surface area contributed by atoms with Gasteiger partial charge in [-0.1, -0.05) is 24.3 Å². The Balaban J connectivity index is 1.50. The first kappa shape index (κ1) is 17.5. The molecule has 0 N–H and O–H groups in total. The van der Waals surface area contributed by atoms with Crippen molar-refractivity contribution in [3.63, 3.8) is 0 Å². The molecule has 1 atom stereocenters. The van der Waals surface area contributed by atoms with Gasteiger partial charge in [-0.25, -0.2) is 0 Å². The maximum absolute atomic E-state index is 12.6. The Morgan fingerprint density at radius 3 is 2.56 bits per heavy atom. The van der Waals surface area contributed by atoms with Crippen LogP contribution >= 0.6 is 0 Å². The third-order valence-corrected chi connectivity index (χ3v) is 5.05. The highest BCUT2D eigenvalue weighted by Crippen LogP contribution is 2.21. The lowest BCUT2D eigenvalue weighted by atomic mass is 9.93. The number of nitrogens with zero attached hydrogens (tertiary/aromatic N) is 2. The zero-order valence-electron chi connectivity index (χ0n) is 14.8. The monoisotopic (exact) mass is 342 g/mol. The highest BCUT2D eigenvalue weighted by Gasteiger charge is 2.28. The lowest BCUT2D eigenvalue weighted by Crippen LogP contribution is -2.52. The van der Waals surface area contributed by atoms with Gasteiger partial charge in [-0.3, -0.25) is 9.59 Å². The van der Waals surface area contributed by atoms with Crippen molar-refractivity contribution < 1.29 is 14.3 Å². The van der Waals surface area contributed by atoms with Gasteiger partial charge in [-0.2, -0.15) is 0 Å². The van der Waals surface area contributed by atoms with Crippen LogP contribution in [0.5, 0.6) is 5.75 Å².